The van der Waals surface area contributed by atoms with Crippen molar-refractivity contribution in [3.8, 4) is 0 Å². The van der Waals surface area contributed by atoms with Gasteiger partial charge in [-0.1, -0.05) is 29.3 Å². The molecule has 0 spiro atoms. The molecule has 7 nitrogen and oxygen atoms in total. The van der Waals surface area contributed by atoms with E-state index in [1.54, 1.807) is 38.2 Å². The van der Waals surface area contributed by atoms with Crippen molar-refractivity contribution < 1.29 is 14.0 Å². The summed E-state index contributed by atoms with van der Waals surface area (Å²) in [5, 5.41) is 5.88. The van der Waals surface area contributed by atoms with Crippen LogP contribution in [0.2, 0.25) is 10.0 Å². The monoisotopic (exact) mass is 487 g/mol. The lowest BCUT2D eigenvalue weighted by Crippen LogP contribution is -2.24. The van der Waals surface area contributed by atoms with Crippen molar-refractivity contribution in [1.29, 1.82) is 0 Å². The molecule has 0 aliphatic carbocycles. The van der Waals surface area contributed by atoms with Crippen molar-refractivity contribution in [3.63, 3.8) is 0 Å². The predicted molar refractivity (Wildman–Crippen MR) is 129 cm³/mol. The van der Waals surface area contributed by atoms with Gasteiger partial charge in [-0.2, -0.15) is 0 Å². The van der Waals surface area contributed by atoms with E-state index in [4.69, 9.17) is 23.2 Å². The zero-order chi connectivity index (χ0) is 24.1. The van der Waals surface area contributed by atoms with Crippen LogP contribution in [0.25, 0.3) is 0 Å². The average molecular weight is 488 g/mol. The Morgan fingerprint density at radius 1 is 0.939 bits per heavy atom. The van der Waals surface area contributed by atoms with Gasteiger partial charge in [0.2, 0.25) is 0 Å². The molecule has 0 bridgehead atoms. The van der Waals surface area contributed by atoms with Gasteiger partial charge in [0.15, 0.2) is 0 Å². The van der Waals surface area contributed by atoms with Crippen LogP contribution < -0.4 is 10.6 Å². The van der Waals surface area contributed by atoms with Crippen LogP contribution in [-0.2, 0) is 0 Å². The summed E-state index contributed by atoms with van der Waals surface area (Å²) in [6.07, 6.45) is 1.38. The molecule has 3 aromatic rings. The minimum absolute atomic E-state index is 0.0811. The summed E-state index contributed by atoms with van der Waals surface area (Å²) in [5.41, 5.74) is 0.577. The number of amidine groups is 1. The molecule has 33 heavy (non-hydrogen) atoms. The lowest BCUT2D eigenvalue weighted by Gasteiger charge is -2.16. The summed E-state index contributed by atoms with van der Waals surface area (Å²) in [4.78, 5) is 35.5. The zero-order valence-electron chi connectivity index (χ0n) is 18.0. The summed E-state index contributed by atoms with van der Waals surface area (Å²) >= 11 is 11.9. The number of benzene rings is 2. The molecule has 1 heterocycles. The minimum Gasteiger partial charge on any atom is -0.363 e. The van der Waals surface area contributed by atoms with Crippen molar-refractivity contribution in [3.05, 3.63) is 87.3 Å². The number of hydrogen-bond acceptors (Lipinski definition) is 4. The van der Waals surface area contributed by atoms with E-state index in [-0.39, 0.29) is 27.7 Å². The van der Waals surface area contributed by atoms with Crippen LogP contribution in [0.1, 0.15) is 26.3 Å². The van der Waals surface area contributed by atoms with E-state index >= 15 is 0 Å². The van der Waals surface area contributed by atoms with Gasteiger partial charge in [-0.3, -0.25) is 14.6 Å². The number of nitrogens with zero attached hydrogens (tertiary/aromatic N) is 3. The first-order valence-corrected chi connectivity index (χ1v) is 10.4. The van der Waals surface area contributed by atoms with Gasteiger partial charge in [0.1, 0.15) is 17.5 Å². The smallest absolute Gasteiger partial charge is 0.258 e. The first kappa shape index (κ1) is 24.2. The van der Waals surface area contributed by atoms with Gasteiger partial charge in [0, 0.05) is 37.9 Å². The number of aromatic nitrogens is 1. The number of pyridine rings is 1. The van der Waals surface area contributed by atoms with Crippen molar-refractivity contribution in [2.24, 2.45) is 4.99 Å². The molecule has 10 heteroatoms. The number of amides is 2. The Kier molecular flexibility index (Phi) is 7.63. The molecular formula is C23H20Cl2FN5O2. The highest BCUT2D eigenvalue weighted by molar-refractivity contribution is 6.31. The molecule has 3 rings (SSSR count). The maximum atomic E-state index is 14.8. The number of anilines is 2. The van der Waals surface area contributed by atoms with Crippen LogP contribution in [0.5, 0.6) is 0 Å². The molecule has 170 valence electrons. The molecule has 0 aliphatic heterocycles. The van der Waals surface area contributed by atoms with E-state index in [1.807, 2.05) is 0 Å². The summed E-state index contributed by atoms with van der Waals surface area (Å²) in [7, 11) is 5.17. The van der Waals surface area contributed by atoms with Crippen molar-refractivity contribution in [1.82, 2.24) is 9.88 Å². The second-order valence-corrected chi connectivity index (χ2v) is 7.97. The molecule has 0 unspecified atom stereocenters. The van der Waals surface area contributed by atoms with Crippen LogP contribution in [0, 0.1) is 5.82 Å². The molecule has 0 fully saturated rings. The topological polar surface area (TPSA) is 86.7 Å². The molecule has 0 aliphatic rings. The molecule has 0 saturated heterocycles. The van der Waals surface area contributed by atoms with Crippen LogP contribution in [0.3, 0.4) is 0 Å². The number of aliphatic imine (C=N–C) groups is 1. The average Bonchev–Trinajstić information content (AvgIpc) is 2.76. The van der Waals surface area contributed by atoms with Gasteiger partial charge in [0.05, 0.1) is 21.8 Å². The SMILES string of the molecule is CN=C(c1ccc(C(=O)Nc2ccc(Cl)cc2C(=O)Nc2ccc(Cl)cn2)c(F)c1)N(C)C. The zero-order valence-corrected chi connectivity index (χ0v) is 19.5. The second-order valence-electron chi connectivity index (χ2n) is 7.10. The number of halogens is 3. The van der Waals surface area contributed by atoms with Crippen LogP contribution in [0.4, 0.5) is 15.9 Å². The number of nitrogens with one attached hydrogen (secondary N) is 2. The maximum absolute atomic E-state index is 14.8. The first-order chi connectivity index (χ1) is 15.7. The third-order valence-electron chi connectivity index (χ3n) is 4.55. The Bertz CT molecular complexity index is 1230. The highest BCUT2D eigenvalue weighted by Crippen LogP contribution is 2.23. The van der Waals surface area contributed by atoms with Crippen molar-refractivity contribution in [2.75, 3.05) is 31.8 Å². The lowest BCUT2D eigenvalue weighted by atomic mass is 10.1. The van der Waals surface area contributed by atoms with Gasteiger partial charge < -0.3 is 15.5 Å². The van der Waals surface area contributed by atoms with Gasteiger partial charge in [-0.25, -0.2) is 9.37 Å². The van der Waals surface area contributed by atoms with E-state index in [0.717, 1.165) is 0 Å². The van der Waals surface area contributed by atoms with E-state index < -0.39 is 17.6 Å². The fourth-order valence-corrected chi connectivity index (χ4v) is 3.35. The molecule has 0 atom stereocenters. The third-order valence-corrected chi connectivity index (χ3v) is 5.01. The summed E-state index contributed by atoms with van der Waals surface area (Å²) in [6.45, 7) is 0. The fraction of sp³-hybridized carbons (Fsp3) is 0.130. The maximum Gasteiger partial charge on any atom is 0.258 e. The fourth-order valence-electron chi connectivity index (χ4n) is 3.06. The van der Waals surface area contributed by atoms with Gasteiger partial charge in [-0.15, -0.1) is 0 Å². The molecule has 1 aromatic heterocycles. The second kappa shape index (κ2) is 10.4. The first-order valence-electron chi connectivity index (χ1n) is 9.67. The normalized spacial score (nSPS) is 11.2. The van der Waals surface area contributed by atoms with Gasteiger partial charge in [0.25, 0.3) is 11.8 Å². The van der Waals surface area contributed by atoms with Crippen molar-refractivity contribution in [2.45, 2.75) is 0 Å². The van der Waals surface area contributed by atoms with E-state index in [2.05, 4.69) is 20.6 Å². The predicted octanol–water partition coefficient (Wildman–Crippen LogP) is 4.97. The molecular weight excluding hydrogens is 468 g/mol. The molecule has 0 saturated carbocycles. The van der Waals surface area contributed by atoms with E-state index in [9.17, 15) is 14.0 Å². The Morgan fingerprint density at radius 2 is 1.64 bits per heavy atom. The molecule has 2 N–H and O–H groups in total. The van der Waals surface area contributed by atoms with Gasteiger partial charge in [-0.05, 0) is 42.5 Å². The largest absolute Gasteiger partial charge is 0.363 e. The van der Waals surface area contributed by atoms with E-state index in [1.165, 1.54) is 42.6 Å². The van der Waals surface area contributed by atoms with Crippen LogP contribution in [-0.4, -0.2) is 48.7 Å². The Balaban J connectivity index is 1.85. The highest BCUT2D eigenvalue weighted by Gasteiger charge is 2.19. The number of hydrogen-bond donors (Lipinski definition) is 2. The highest BCUT2D eigenvalue weighted by atomic mass is 35.5. The third kappa shape index (κ3) is 5.85. The Morgan fingerprint density at radius 3 is 2.24 bits per heavy atom. The molecule has 2 amide bonds. The minimum atomic E-state index is -0.724. The van der Waals surface area contributed by atoms with E-state index in [0.29, 0.717) is 16.4 Å². The number of rotatable bonds is 5. The number of carbonyl (C=O) groups is 2. The van der Waals surface area contributed by atoms with Crippen LogP contribution >= 0.6 is 23.2 Å². The molecule has 0 radical (unpaired) electrons. The van der Waals surface area contributed by atoms with Crippen LogP contribution in [0.15, 0.2) is 59.7 Å². The summed E-state index contributed by atoms with van der Waals surface area (Å²) in [5.74, 6) is -1.18. The molecule has 2 aromatic carbocycles. The van der Waals surface area contributed by atoms with Crippen molar-refractivity contribution >= 4 is 52.4 Å². The summed E-state index contributed by atoms with van der Waals surface area (Å²) < 4.78 is 14.8. The summed E-state index contributed by atoms with van der Waals surface area (Å²) in [6, 6.07) is 11.7. The lowest BCUT2D eigenvalue weighted by molar-refractivity contribution is 0.102. The standard InChI is InChI=1S/C23H20Cl2FN5O2/c1-27-21(31(2)3)13-4-7-16(18(26)10-13)22(32)29-19-8-5-14(24)11-17(19)23(33)30-20-9-6-15(25)12-28-20/h4-12H,1-3H3,(H,29,32)(H,28,30,33). The number of carbonyl (C=O) groups excluding carboxylic acids is 2. The quantitative estimate of drug-likeness (QED) is 0.392. The Labute approximate surface area is 200 Å². The Hall–Kier alpha value is -3.49. The van der Waals surface area contributed by atoms with Gasteiger partial charge >= 0.3 is 0 Å².